The fourth-order valence-corrected chi connectivity index (χ4v) is 1.98. The average Bonchev–Trinajstić information content (AvgIpc) is 2.34. The monoisotopic (exact) mass is 216 g/mol. The van der Waals surface area contributed by atoms with Gasteiger partial charge in [-0.15, -0.1) is 0 Å². The number of urea groups is 1. The normalized spacial score (nSPS) is 27.7. The van der Waals surface area contributed by atoms with Crippen LogP contribution >= 0.6 is 12.6 Å². The van der Waals surface area contributed by atoms with Crippen molar-refractivity contribution >= 4 is 24.6 Å². The van der Waals surface area contributed by atoms with Gasteiger partial charge in [0.1, 0.15) is 5.54 Å². The van der Waals surface area contributed by atoms with Crippen molar-refractivity contribution in [3.63, 3.8) is 0 Å². The first-order chi connectivity index (χ1) is 6.49. The van der Waals surface area contributed by atoms with Crippen molar-refractivity contribution in [1.82, 2.24) is 9.80 Å². The summed E-state index contributed by atoms with van der Waals surface area (Å²) in [5.41, 5.74) is -0.759. The smallest absolute Gasteiger partial charge is 0.309 e. The first kappa shape index (κ1) is 11.4. The summed E-state index contributed by atoms with van der Waals surface area (Å²) in [6.07, 6.45) is 0.843. The second-order valence-electron chi connectivity index (χ2n) is 3.73. The predicted octanol–water partition coefficient (Wildman–Crippen LogP) is 0.979. The lowest BCUT2D eigenvalue weighted by Crippen LogP contribution is -2.49. The molecule has 0 N–H and O–H groups in total. The van der Waals surface area contributed by atoms with Crippen LogP contribution in [0.5, 0.6) is 0 Å². The highest BCUT2D eigenvalue weighted by Gasteiger charge is 2.51. The summed E-state index contributed by atoms with van der Waals surface area (Å²) in [6, 6.07) is -0.214. The molecule has 1 aliphatic heterocycles. The molecule has 14 heavy (non-hydrogen) atoms. The standard InChI is InChI=1S/C9H16N2O2S/c1-4-5-11-8(13)10(3)7(12)9(11,2)6-14/h14H,4-6H2,1-3H3. The Morgan fingerprint density at radius 2 is 2.00 bits per heavy atom. The second-order valence-corrected chi connectivity index (χ2v) is 4.05. The van der Waals surface area contributed by atoms with Crippen LogP contribution in [0.4, 0.5) is 4.79 Å². The number of hydrogen-bond donors (Lipinski definition) is 1. The van der Waals surface area contributed by atoms with E-state index in [4.69, 9.17) is 0 Å². The van der Waals surface area contributed by atoms with Crippen LogP contribution in [0.2, 0.25) is 0 Å². The van der Waals surface area contributed by atoms with E-state index in [2.05, 4.69) is 12.6 Å². The lowest BCUT2D eigenvalue weighted by molar-refractivity contribution is -0.130. The fourth-order valence-electron chi connectivity index (χ4n) is 1.67. The molecule has 5 heteroatoms. The molecule has 1 saturated heterocycles. The van der Waals surface area contributed by atoms with Gasteiger partial charge in [0.15, 0.2) is 0 Å². The van der Waals surface area contributed by atoms with Gasteiger partial charge in [0, 0.05) is 19.3 Å². The molecule has 0 aromatic rings. The van der Waals surface area contributed by atoms with E-state index in [0.717, 1.165) is 6.42 Å². The van der Waals surface area contributed by atoms with Crippen molar-refractivity contribution < 1.29 is 9.59 Å². The third-order valence-electron chi connectivity index (χ3n) is 2.63. The van der Waals surface area contributed by atoms with Gasteiger partial charge in [-0.05, 0) is 13.3 Å². The van der Waals surface area contributed by atoms with Crippen molar-refractivity contribution in [2.24, 2.45) is 0 Å². The SMILES string of the molecule is CCCN1C(=O)N(C)C(=O)C1(C)CS. The highest BCUT2D eigenvalue weighted by atomic mass is 32.1. The van der Waals surface area contributed by atoms with E-state index in [-0.39, 0.29) is 11.9 Å². The molecule has 1 fully saturated rings. The maximum Gasteiger partial charge on any atom is 0.327 e. The highest BCUT2D eigenvalue weighted by Crippen LogP contribution is 2.28. The Morgan fingerprint density at radius 3 is 2.43 bits per heavy atom. The summed E-state index contributed by atoms with van der Waals surface area (Å²) in [4.78, 5) is 26.2. The minimum atomic E-state index is -0.759. The molecule has 1 heterocycles. The summed E-state index contributed by atoms with van der Waals surface area (Å²) in [7, 11) is 1.52. The van der Waals surface area contributed by atoms with E-state index in [1.165, 1.54) is 11.9 Å². The van der Waals surface area contributed by atoms with E-state index in [0.29, 0.717) is 12.3 Å². The zero-order valence-electron chi connectivity index (χ0n) is 8.78. The molecule has 0 radical (unpaired) electrons. The molecule has 1 rings (SSSR count). The van der Waals surface area contributed by atoms with E-state index in [1.54, 1.807) is 11.8 Å². The summed E-state index contributed by atoms with van der Waals surface area (Å²) >= 11 is 4.15. The molecule has 1 unspecified atom stereocenters. The lowest BCUT2D eigenvalue weighted by atomic mass is 10.0. The van der Waals surface area contributed by atoms with E-state index >= 15 is 0 Å². The summed E-state index contributed by atoms with van der Waals surface area (Å²) in [5.74, 6) is 0.202. The molecule has 0 aromatic carbocycles. The van der Waals surface area contributed by atoms with Gasteiger partial charge in [-0.1, -0.05) is 6.92 Å². The molecule has 0 spiro atoms. The Bertz CT molecular complexity index is 270. The van der Waals surface area contributed by atoms with Crippen LogP contribution in [0, 0.1) is 0 Å². The molecular weight excluding hydrogens is 200 g/mol. The van der Waals surface area contributed by atoms with E-state index < -0.39 is 5.54 Å². The molecule has 80 valence electrons. The van der Waals surface area contributed by atoms with Crippen molar-refractivity contribution in [3.8, 4) is 0 Å². The Balaban J connectivity index is 3.01. The van der Waals surface area contributed by atoms with Gasteiger partial charge in [-0.25, -0.2) is 4.79 Å². The number of thiol groups is 1. The van der Waals surface area contributed by atoms with Gasteiger partial charge in [0.25, 0.3) is 5.91 Å². The number of rotatable bonds is 3. The van der Waals surface area contributed by atoms with Crippen molar-refractivity contribution in [3.05, 3.63) is 0 Å². The van der Waals surface area contributed by atoms with Crippen molar-refractivity contribution in [1.29, 1.82) is 0 Å². The predicted molar refractivity (Wildman–Crippen MR) is 57.4 cm³/mol. The van der Waals surface area contributed by atoms with E-state index in [9.17, 15) is 9.59 Å². The minimum Gasteiger partial charge on any atom is -0.309 e. The zero-order chi connectivity index (χ0) is 10.9. The van der Waals surface area contributed by atoms with Gasteiger partial charge in [-0.3, -0.25) is 9.69 Å². The number of imide groups is 1. The Hall–Kier alpha value is -0.710. The first-order valence-corrected chi connectivity index (χ1v) is 5.33. The van der Waals surface area contributed by atoms with Crippen LogP contribution in [0.25, 0.3) is 0 Å². The van der Waals surface area contributed by atoms with E-state index in [1.807, 2.05) is 6.92 Å². The van der Waals surface area contributed by atoms with Gasteiger partial charge in [-0.2, -0.15) is 12.6 Å². The lowest BCUT2D eigenvalue weighted by Gasteiger charge is -2.29. The Labute approximate surface area is 89.7 Å². The quantitative estimate of drug-likeness (QED) is 0.564. The first-order valence-electron chi connectivity index (χ1n) is 4.69. The van der Waals surface area contributed by atoms with Gasteiger partial charge < -0.3 is 4.90 Å². The molecular formula is C9H16N2O2S. The van der Waals surface area contributed by atoms with Crippen LogP contribution in [0.15, 0.2) is 0 Å². The average molecular weight is 216 g/mol. The number of nitrogens with zero attached hydrogens (tertiary/aromatic N) is 2. The van der Waals surface area contributed by atoms with Crippen LogP contribution in [0.3, 0.4) is 0 Å². The number of carbonyl (C=O) groups excluding carboxylic acids is 2. The summed E-state index contributed by atoms with van der Waals surface area (Å²) in [5, 5.41) is 0. The van der Waals surface area contributed by atoms with Gasteiger partial charge >= 0.3 is 6.03 Å². The van der Waals surface area contributed by atoms with Gasteiger partial charge in [0.2, 0.25) is 0 Å². The number of amides is 3. The van der Waals surface area contributed by atoms with Crippen LogP contribution in [-0.2, 0) is 4.79 Å². The molecule has 1 aliphatic rings. The zero-order valence-corrected chi connectivity index (χ0v) is 9.67. The van der Waals surface area contributed by atoms with Crippen molar-refractivity contribution in [2.75, 3.05) is 19.3 Å². The molecule has 0 aliphatic carbocycles. The third-order valence-corrected chi connectivity index (χ3v) is 3.25. The van der Waals surface area contributed by atoms with Crippen LogP contribution in [0.1, 0.15) is 20.3 Å². The maximum absolute atomic E-state index is 11.8. The maximum atomic E-state index is 11.8. The molecule has 0 saturated carbocycles. The summed E-state index contributed by atoms with van der Waals surface area (Å²) in [6.45, 7) is 4.35. The number of hydrogen-bond acceptors (Lipinski definition) is 3. The second kappa shape index (κ2) is 3.81. The Kier molecular flexibility index (Phi) is 3.09. The minimum absolute atomic E-state index is 0.161. The van der Waals surface area contributed by atoms with Gasteiger partial charge in [0.05, 0.1) is 0 Å². The molecule has 0 bridgehead atoms. The molecule has 4 nitrogen and oxygen atoms in total. The Morgan fingerprint density at radius 1 is 1.43 bits per heavy atom. The largest absolute Gasteiger partial charge is 0.327 e. The fraction of sp³-hybridized carbons (Fsp3) is 0.778. The molecule has 0 aromatic heterocycles. The molecule has 1 atom stereocenters. The van der Waals surface area contributed by atoms with Crippen LogP contribution < -0.4 is 0 Å². The molecule has 3 amide bonds. The number of likely N-dealkylation sites (N-methyl/N-ethyl adjacent to an activating group) is 1. The third kappa shape index (κ3) is 1.39. The van der Waals surface area contributed by atoms with Crippen molar-refractivity contribution in [2.45, 2.75) is 25.8 Å². The topological polar surface area (TPSA) is 40.6 Å². The summed E-state index contributed by atoms with van der Waals surface area (Å²) < 4.78 is 0. The number of carbonyl (C=O) groups is 2. The highest BCUT2D eigenvalue weighted by molar-refractivity contribution is 7.80. The van der Waals surface area contributed by atoms with Crippen LogP contribution in [-0.4, -0.2) is 46.6 Å².